The number of hydrogen-bond acceptors (Lipinski definition) is 4. The number of aromatic nitrogens is 2. The van der Waals surface area contributed by atoms with Gasteiger partial charge in [0.25, 0.3) is 5.91 Å². The van der Waals surface area contributed by atoms with E-state index in [4.69, 9.17) is 4.52 Å². The van der Waals surface area contributed by atoms with Gasteiger partial charge in [0.15, 0.2) is 11.5 Å². The highest BCUT2D eigenvalue weighted by atomic mass is 79.9. The van der Waals surface area contributed by atoms with E-state index < -0.39 is 5.91 Å². The highest BCUT2D eigenvalue weighted by Crippen LogP contribution is 2.31. The van der Waals surface area contributed by atoms with E-state index in [1.54, 1.807) is 11.0 Å². The highest BCUT2D eigenvalue weighted by Gasteiger charge is 2.25. The Bertz CT molecular complexity index is 1280. The summed E-state index contributed by atoms with van der Waals surface area (Å²) in [6, 6.07) is 17.0. The van der Waals surface area contributed by atoms with Crippen LogP contribution in [0.4, 0.5) is 0 Å². The molecule has 0 aliphatic carbocycles. The Morgan fingerprint density at radius 1 is 1.16 bits per heavy atom. The van der Waals surface area contributed by atoms with Crippen LogP contribution in [0, 0.1) is 0 Å². The second kappa shape index (κ2) is 8.03. The first-order chi connectivity index (χ1) is 15.1. The van der Waals surface area contributed by atoms with Crippen LogP contribution in [0.15, 0.2) is 63.6 Å². The van der Waals surface area contributed by atoms with Crippen molar-refractivity contribution >= 4 is 38.6 Å². The zero-order valence-corrected chi connectivity index (χ0v) is 18.1. The number of nitrogens with one attached hydrogen (secondary N) is 2. The molecule has 0 atom stereocenters. The zero-order chi connectivity index (χ0) is 21.4. The summed E-state index contributed by atoms with van der Waals surface area (Å²) < 4.78 is 6.27. The maximum Gasteiger partial charge on any atom is 0.273 e. The summed E-state index contributed by atoms with van der Waals surface area (Å²) in [5.41, 5.74) is 4.32. The van der Waals surface area contributed by atoms with Gasteiger partial charge in [-0.3, -0.25) is 9.59 Å². The summed E-state index contributed by atoms with van der Waals surface area (Å²) in [6.07, 6.45) is 0.750. The normalized spacial score (nSPS) is 13.3. The first-order valence-electron chi connectivity index (χ1n) is 9.96. The lowest BCUT2D eigenvalue weighted by Crippen LogP contribution is -2.42. The average molecular weight is 479 g/mol. The third-order valence-electron chi connectivity index (χ3n) is 5.51. The largest absolute Gasteiger partial charge is 0.357 e. The van der Waals surface area contributed by atoms with Crippen molar-refractivity contribution in [2.24, 2.45) is 0 Å². The molecule has 2 amide bonds. The molecule has 0 saturated carbocycles. The molecule has 0 fully saturated rings. The summed E-state index contributed by atoms with van der Waals surface area (Å²) in [5, 5.41) is 7.60. The number of hydrogen-bond donors (Lipinski definition) is 2. The Morgan fingerprint density at radius 2 is 2.00 bits per heavy atom. The molecule has 1 aliphatic rings. The van der Waals surface area contributed by atoms with E-state index in [2.05, 4.69) is 37.5 Å². The molecule has 8 heteroatoms. The van der Waals surface area contributed by atoms with E-state index in [1.165, 1.54) is 0 Å². The van der Waals surface area contributed by atoms with Gasteiger partial charge in [0.2, 0.25) is 5.91 Å². The summed E-state index contributed by atoms with van der Waals surface area (Å²) in [5.74, 6) is -0.0609. The molecule has 156 valence electrons. The predicted octanol–water partition coefficient (Wildman–Crippen LogP) is 3.90. The van der Waals surface area contributed by atoms with Gasteiger partial charge < -0.3 is 19.7 Å². The van der Waals surface area contributed by atoms with Gasteiger partial charge in [-0.05, 0) is 22.0 Å². The molecule has 0 spiro atoms. The van der Waals surface area contributed by atoms with E-state index in [0.717, 1.165) is 38.6 Å². The topological polar surface area (TPSA) is 91.2 Å². The number of para-hydroxylation sites is 1. The van der Waals surface area contributed by atoms with Crippen molar-refractivity contribution < 1.29 is 14.1 Å². The van der Waals surface area contributed by atoms with Gasteiger partial charge >= 0.3 is 0 Å². The number of benzene rings is 2. The molecular formula is C23H19BrN4O3. The van der Waals surface area contributed by atoms with E-state index in [9.17, 15) is 9.59 Å². The summed E-state index contributed by atoms with van der Waals surface area (Å²) in [4.78, 5) is 30.4. The second-order valence-electron chi connectivity index (χ2n) is 7.43. The van der Waals surface area contributed by atoms with Crippen molar-refractivity contribution in [2.45, 2.75) is 13.0 Å². The first-order valence-corrected chi connectivity index (χ1v) is 10.8. The average Bonchev–Trinajstić information content (AvgIpc) is 3.44. The molecule has 0 saturated heterocycles. The molecule has 0 unspecified atom stereocenters. The lowest BCUT2D eigenvalue weighted by atomic mass is 10.0. The molecule has 0 radical (unpaired) electrons. The van der Waals surface area contributed by atoms with Crippen LogP contribution < -0.4 is 5.32 Å². The minimum absolute atomic E-state index is 0.0895. The van der Waals surface area contributed by atoms with Gasteiger partial charge in [-0.1, -0.05) is 47.6 Å². The van der Waals surface area contributed by atoms with E-state index in [1.807, 2.05) is 42.5 Å². The Hall–Kier alpha value is -3.39. The van der Waals surface area contributed by atoms with Gasteiger partial charge in [0, 0.05) is 52.3 Å². The van der Waals surface area contributed by atoms with Crippen LogP contribution >= 0.6 is 15.9 Å². The van der Waals surface area contributed by atoms with Crippen molar-refractivity contribution in [3.8, 4) is 11.3 Å². The Kier molecular flexibility index (Phi) is 5.07. The first kappa shape index (κ1) is 19.6. The van der Waals surface area contributed by atoms with Crippen LogP contribution in [0.25, 0.3) is 22.2 Å². The fourth-order valence-corrected chi connectivity index (χ4v) is 4.36. The number of fused-ring (bicyclic) bond motifs is 3. The molecule has 5 rings (SSSR count). The van der Waals surface area contributed by atoms with Crippen molar-refractivity contribution in [1.29, 1.82) is 0 Å². The third-order valence-corrected chi connectivity index (χ3v) is 6.17. The number of H-pyrrole nitrogens is 1. The lowest BCUT2D eigenvalue weighted by molar-refractivity contribution is -0.131. The van der Waals surface area contributed by atoms with Crippen LogP contribution in [-0.2, 0) is 17.8 Å². The smallest absolute Gasteiger partial charge is 0.273 e. The molecule has 0 bridgehead atoms. The van der Waals surface area contributed by atoms with Crippen molar-refractivity contribution in [2.75, 3.05) is 13.1 Å². The molecule has 7 nitrogen and oxygen atoms in total. The summed E-state index contributed by atoms with van der Waals surface area (Å²) in [6.45, 7) is 1.03. The molecule has 1 aliphatic heterocycles. The number of rotatable bonds is 4. The number of carbonyl (C=O) groups excluding carboxylic acids is 2. The minimum Gasteiger partial charge on any atom is -0.357 e. The van der Waals surface area contributed by atoms with Crippen molar-refractivity contribution in [3.05, 3.63) is 76.0 Å². The standard InChI is InChI=1S/C23H19BrN4O3/c24-17-8-4-7-15-16-13-28(10-9-18(16)26-22(15)17)21(29)12-25-23(30)19-11-20(31-27-19)14-5-2-1-3-6-14/h1-8,11,26H,9-10,12-13H2,(H,25,30). The maximum atomic E-state index is 12.7. The number of carbonyl (C=O) groups is 2. The van der Waals surface area contributed by atoms with Crippen molar-refractivity contribution in [1.82, 2.24) is 20.4 Å². The van der Waals surface area contributed by atoms with Gasteiger partial charge in [-0.15, -0.1) is 0 Å². The zero-order valence-electron chi connectivity index (χ0n) is 16.5. The number of aromatic amines is 1. The van der Waals surface area contributed by atoms with E-state index in [0.29, 0.717) is 18.8 Å². The molecule has 4 aromatic rings. The second-order valence-corrected chi connectivity index (χ2v) is 8.29. The van der Waals surface area contributed by atoms with E-state index in [-0.39, 0.29) is 18.1 Å². The molecule has 2 N–H and O–H groups in total. The molecular weight excluding hydrogens is 460 g/mol. The van der Waals surface area contributed by atoms with Crippen LogP contribution in [-0.4, -0.2) is 39.9 Å². The monoisotopic (exact) mass is 478 g/mol. The summed E-state index contributed by atoms with van der Waals surface area (Å²) >= 11 is 3.57. The number of amides is 2. The van der Waals surface area contributed by atoms with Gasteiger partial charge in [0.1, 0.15) is 0 Å². The Balaban J connectivity index is 1.23. The fourth-order valence-electron chi connectivity index (χ4n) is 3.89. The number of nitrogens with zero attached hydrogens (tertiary/aromatic N) is 2. The lowest BCUT2D eigenvalue weighted by Gasteiger charge is -2.27. The predicted molar refractivity (Wildman–Crippen MR) is 119 cm³/mol. The van der Waals surface area contributed by atoms with Crippen LogP contribution in [0.3, 0.4) is 0 Å². The summed E-state index contributed by atoms with van der Waals surface area (Å²) in [7, 11) is 0. The molecule has 31 heavy (non-hydrogen) atoms. The number of halogens is 1. The van der Waals surface area contributed by atoms with E-state index >= 15 is 0 Å². The van der Waals surface area contributed by atoms with Gasteiger partial charge in [-0.25, -0.2) is 0 Å². The minimum atomic E-state index is -0.437. The SMILES string of the molecule is O=C(NCC(=O)N1CCc2[nH]c3c(Br)cccc3c2C1)c1cc(-c2ccccc2)on1. The van der Waals surface area contributed by atoms with Gasteiger partial charge in [-0.2, -0.15) is 0 Å². The maximum absolute atomic E-state index is 12.7. The third kappa shape index (κ3) is 3.74. The van der Waals surface area contributed by atoms with Crippen LogP contribution in [0.2, 0.25) is 0 Å². The fraction of sp³-hybridized carbons (Fsp3) is 0.174. The quantitative estimate of drug-likeness (QED) is 0.465. The Morgan fingerprint density at radius 3 is 2.84 bits per heavy atom. The Labute approximate surface area is 186 Å². The molecule has 2 aromatic carbocycles. The van der Waals surface area contributed by atoms with Crippen LogP contribution in [0.5, 0.6) is 0 Å². The highest BCUT2D eigenvalue weighted by molar-refractivity contribution is 9.10. The van der Waals surface area contributed by atoms with Crippen LogP contribution in [0.1, 0.15) is 21.7 Å². The molecule has 3 heterocycles. The van der Waals surface area contributed by atoms with Gasteiger partial charge in [0.05, 0.1) is 12.1 Å². The molecule has 2 aromatic heterocycles. The van der Waals surface area contributed by atoms with Crippen molar-refractivity contribution in [3.63, 3.8) is 0 Å².